The molecule has 0 aliphatic carbocycles. The summed E-state index contributed by atoms with van der Waals surface area (Å²) in [7, 11) is 1.47. The summed E-state index contributed by atoms with van der Waals surface area (Å²) in [5.41, 5.74) is 3.32. The van der Waals surface area contributed by atoms with Crippen molar-refractivity contribution in [1.29, 1.82) is 0 Å². The Balaban J connectivity index is 1.51. The first kappa shape index (κ1) is 24.7. The second-order valence-corrected chi connectivity index (χ2v) is 9.66. The highest BCUT2D eigenvalue weighted by molar-refractivity contribution is 7.80. The summed E-state index contributed by atoms with van der Waals surface area (Å²) < 4.78 is 13.1. The van der Waals surface area contributed by atoms with E-state index in [1.54, 1.807) is 12.3 Å². The number of carbonyl (C=O) groups is 1. The van der Waals surface area contributed by atoms with Crippen molar-refractivity contribution in [2.75, 3.05) is 30.5 Å². The van der Waals surface area contributed by atoms with Gasteiger partial charge >= 0.3 is 0 Å². The average molecular weight is 526 g/mol. The number of thiocarbonyl (C=S) groups is 1. The van der Waals surface area contributed by atoms with E-state index in [1.807, 2.05) is 30.3 Å². The van der Waals surface area contributed by atoms with Crippen molar-refractivity contribution in [3.8, 4) is 0 Å². The van der Waals surface area contributed by atoms with Crippen molar-refractivity contribution < 1.29 is 14.3 Å². The highest BCUT2D eigenvalue weighted by Crippen LogP contribution is 2.43. The van der Waals surface area contributed by atoms with Crippen LogP contribution in [0, 0.1) is 0 Å². The molecular weight excluding hydrogens is 498 g/mol. The van der Waals surface area contributed by atoms with Crippen LogP contribution in [0.25, 0.3) is 0 Å². The number of nitrogens with zero attached hydrogens (tertiary/aromatic N) is 3. The van der Waals surface area contributed by atoms with E-state index in [0.717, 1.165) is 43.1 Å². The number of nitrogens with one attached hydrogen (secondary N) is 2. The maximum absolute atomic E-state index is 12.0. The molecule has 36 heavy (non-hydrogen) atoms. The molecule has 0 bridgehead atoms. The molecule has 4 heterocycles. The van der Waals surface area contributed by atoms with Gasteiger partial charge in [-0.1, -0.05) is 17.7 Å². The van der Waals surface area contributed by atoms with Gasteiger partial charge in [-0.2, -0.15) is 0 Å². The Morgan fingerprint density at radius 2 is 2.19 bits per heavy atom. The predicted octanol–water partition coefficient (Wildman–Crippen LogP) is 4.48. The van der Waals surface area contributed by atoms with Gasteiger partial charge in [0.2, 0.25) is 5.91 Å². The third-order valence-corrected chi connectivity index (χ3v) is 7.10. The number of methoxy groups -OCH3 is 1. The van der Waals surface area contributed by atoms with Crippen LogP contribution in [0.5, 0.6) is 0 Å². The lowest BCUT2D eigenvalue weighted by atomic mass is 10.0. The number of amides is 1. The van der Waals surface area contributed by atoms with Crippen LogP contribution in [0.1, 0.15) is 36.3 Å². The third kappa shape index (κ3) is 5.10. The van der Waals surface area contributed by atoms with Gasteiger partial charge in [0, 0.05) is 44.0 Å². The van der Waals surface area contributed by atoms with E-state index in [4.69, 9.17) is 33.3 Å². The normalized spacial score (nSPS) is 21.6. The number of ether oxygens (including phenoxy) is 2. The maximum Gasteiger partial charge on any atom is 0.250 e. The van der Waals surface area contributed by atoms with E-state index in [9.17, 15) is 4.79 Å². The van der Waals surface area contributed by atoms with Gasteiger partial charge in [-0.25, -0.2) is 0 Å². The first-order valence-electron chi connectivity index (χ1n) is 11.9. The fourth-order valence-corrected chi connectivity index (χ4v) is 5.44. The number of anilines is 2. The Morgan fingerprint density at radius 3 is 2.92 bits per heavy atom. The first-order valence-corrected chi connectivity index (χ1v) is 12.7. The fourth-order valence-electron chi connectivity index (χ4n) is 4.88. The van der Waals surface area contributed by atoms with Crippen LogP contribution >= 0.6 is 23.8 Å². The number of carbonyl (C=O) groups excluding carboxylic acids is 1. The molecule has 188 valence electrons. The van der Waals surface area contributed by atoms with Gasteiger partial charge in [0.25, 0.3) is 0 Å². The van der Waals surface area contributed by atoms with Crippen molar-refractivity contribution in [3.63, 3.8) is 0 Å². The van der Waals surface area contributed by atoms with Gasteiger partial charge in [0.15, 0.2) is 5.11 Å². The molecule has 0 spiro atoms. The summed E-state index contributed by atoms with van der Waals surface area (Å²) in [4.78, 5) is 18.7. The molecule has 0 radical (unpaired) electrons. The van der Waals surface area contributed by atoms with E-state index >= 15 is 0 Å². The number of pyridine rings is 1. The molecule has 5 rings (SSSR count). The number of hydrogen-bond donors (Lipinski definition) is 2. The maximum atomic E-state index is 12.0. The summed E-state index contributed by atoms with van der Waals surface area (Å²) in [6, 6.07) is 15.2. The Kier molecular flexibility index (Phi) is 7.52. The first-order chi connectivity index (χ1) is 17.5. The molecule has 2 saturated heterocycles. The summed E-state index contributed by atoms with van der Waals surface area (Å²) in [6.07, 6.45) is 6.22. The monoisotopic (exact) mass is 525 g/mol. The van der Waals surface area contributed by atoms with Crippen molar-refractivity contribution in [2.45, 2.75) is 37.6 Å². The van der Waals surface area contributed by atoms with E-state index in [-0.39, 0.29) is 30.7 Å². The van der Waals surface area contributed by atoms with Gasteiger partial charge in [0.1, 0.15) is 12.6 Å². The van der Waals surface area contributed by atoms with Crippen molar-refractivity contribution in [2.24, 2.45) is 0 Å². The SMILES string of the molecule is COCC(=O)Nc1ccc(N2C(=S)NC(c3ccccn3)C2c2cccn2CC2CCCO2)cc1Cl. The van der Waals surface area contributed by atoms with Gasteiger partial charge in [-0.15, -0.1) is 0 Å². The molecular formula is C26H28ClN5O3S. The Morgan fingerprint density at radius 1 is 1.31 bits per heavy atom. The van der Waals surface area contributed by atoms with Crippen LogP contribution in [0.2, 0.25) is 5.02 Å². The second-order valence-electron chi connectivity index (χ2n) is 8.86. The summed E-state index contributed by atoms with van der Waals surface area (Å²) in [5.74, 6) is -0.273. The molecule has 8 nitrogen and oxygen atoms in total. The van der Waals surface area contributed by atoms with Crippen LogP contribution in [-0.2, 0) is 20.8 Å². The molecule has 3 atom stereocenters. The van der Waals surface area contributed by atoms with Gasteiger partial charge < -0.3 is 29.6 Å². The minimum atomic E-state index is -0.273. The van der Waals surface area contributed by atoms with Crippen molar-refractivity contribution >= 4 is 46.2 Å². The van der Waals surface area contributed by atoms with Gasteiger partial charge in [-0.3, -0.25) is 9.78 Å². The summed E-state index contributed by atoms with van der Waals surface area (Å²) in [6.45, 7) is 1.54. The number of hydrogen-bond acceptors (Lipinski definition) is 5. The molecule has 2 aliphatic rings. The average Bonchev–Trinajstić information content (AvgIpc) is 3.62. The largest absolute Gasteiger partial charge is 0.376 e. The van der Waals surface area contributed by atoms with Gasteiger partial charge in [-0.05, 0) is 67.5 Å². The lowest BCUT2D eigenvalue weighted by molar-refractivity contribution is -0.119. The van der Waals surface area contributed by atoms with E-state index in [2.05, 4.69) is 43.4 Å². The zero-order valence-corrected chi connectivity index (χ0v) is 21.5. The molecule has 2 aromatic heterocycles. The van der Waals surface area contributed by atoms with Crippen molar-refractivity contribution in [3.05, 3.63) is 77.3 Å². The van der Waals surface area contributed by atoms with E-state index in [1.165, 1.54) is 7.11 Å². The smallest absolute Gasteiger partial charge is 0.250 e. The molecule has 10 heteroatoms. The number of halogens is 1. The minimum Gasteiger partial charge on any atom is -0.376 e. The number of benzene rings is 1. The predicted molar refractivity (Wildman–Crippen MR) is 143 cm³/mol. The lowest BCUT2D eigenvalue weighted by Gasteiger charge is -2.29. The zero-order chi connectivity index (χ0) is 25.1. The lowest BCUT2D eigenvalue weighted by Crippen LogP contribution is -2.31. The van der Waals surface area contributed by atoms with Crippen LogP contribution in [0.3, 0.4) is 0 Å². The Labute approximate surface area is 220 Å². The third-order valence-electron chi connectivity index (χ3n) is 6.47. The molecule has 2 aliphatic heterocycles. The highest BCUT2D eigenvalue weighted by Gasteiger charge is 2.42. The fraction of sp³-hybridized carbons (Fsp3) is 0.346. The Hall–Kier alpha value is -2.98. The van der Waals surface area contributed by atoms with Crippen LogP contribution in [0.4, 0.5) is 11.4 Å². The Bertz CT molecular complexity index is 1230. The molecule has 2 N–H and O–H groups in total. The van der Waals surface area contributed by atoms with E-state index < -0.39 is 0 Å². The molecule has 3 unspecified atom stereocenters. The minimum absolute atomic E-state index is 0.0479. The second kappa shape index (κ2) is 11.0. The van der Waals surface area contributed by atoms with E-state index in [0.29, 0.717) is 15.8 Å². The quantitative estimate of drug-likeness (QED) is 0.420. The highest BCUT2D eigenvalue weighted by atomic mass is 35.5. The zero-order valence-electron chi connectivity index (χ0n) is 19.9. The summed E-state index contributed by atoms with van der Waals surface area (Å²) in [5, 5.41) is 7.24. The number of aromatic nitrogens is 2. The molecule has 1 amide bonds. The topological polar surface area (TPSA) is 80.7 Å². The van der Waals surface area contributed by atoms with Gasteiger partial charge in [0.05, 0.1) is 28.5 Å². The van der Waals surface area contributed by atoms with Crippen molar-refractivity contribution in [1.82, 2.24) is 14.9 Å². The number of rotatable bonds is 8. The molecule has 2 fully saturated rings. The van der Waals surface area contributed by atoms with Crippen LogP contribution in [-0.4, -0.2) is 47.0 Å². The standard InChI is InChI=1S/C26H28ClN5O3S/c1-34-16-23(33)29-20-10-9-17(14-19(20)27)32-25(24(30-26(32)36)21-7-2-3-11-28-21)22-8-4-12-31(22)15-18-6-5-13-35-18/h2-4,7-12,14,18,24-25H,5-6,13,15-16H2,1H3,(H,29,33)(H,30,36). The van der Waals surface area contributed by atoms with Crippen LogP contribution in [0.15, 0.2) is 60.9 Å². The molecule has 0 saturated carbocycles. The molecule has 3 aromatic rings. The van der Waals surface area contributed by atoms with Crippen LogP contribution < -0.4 is 15.5 Å². The molecule has 1 aromatic carbocycles. The summed E-state index contributed by atoms with van der Waals surface area (Å²) >= 11 is 12.4.